The largest absolute Gasteiger partial charge is 0.465 e. The Morgan fingerprint density at radius 1 is 1.44 bits per heavy atom. The summed E-state index contributed by atoms with van der Waals surface area (Å²) in [6, 6.07) is 4.75. The quantitative estimate of drug-likeness (QED) is 0.460. The van der Waals surface area contributed by atoms with Crippen molar-refractivity contribution in [3.05, 3.63) is 29.3 Å². The number of carbonyl (C=O) groups excluding carboxylic acids is 1. The van der Waals surface area contributed by atoms with Crippen LogP contribution in [0, 0.1) is 5.41 Å². The van der Waals surface area contributed by atoms with Crippen molar-refractivity contribution in [3.63, 3.8) is 0 Å². The number of ether oxygens (including phenoxy) is 1. The highest BCUT2D eigenvalue weighted by atomic mass is 16.5. The van der Waals surface area contributed by atoms with Crippen molar-refractivity contribution in [2.45, 2.75) is 20.8 Å². The first-order chi connectivity index (χ1) is 7.56. The molecule has 1 aromatic carbocycles. The van der Waals surface area contributed by atoms with Crippen LogP contribution in [-0.2, 0) is 4.74 Å². The molecule has 16 heavy (non-hydrogen) atoms. The fourth-order valence-corrected chi connectivity index (χ4v) is 1.15. The molecule has 0 spiro atoms. The first kappa shape index (κ1) is 14.2. The molecule has 90 valence electrons. The third-order valence-corrected chi connectivity index (χ3v) is 1.88. The van der Waals surface area contributed by atoms with Gasteiger partial charge >= 0.3 is 5.97 Å². The summed E-state index contributed by atoms with van der Waals surface area (Å²) >= 11 is 0. The van der Waals surface area contributed by atoms with Gasteiger partial charge in [-0.15, -0.1) is 0 Å². The highest BCUT2D eigenvalue weighted by Gasteiger charge is 2.08. The van der Waals surface area contributed by atoms with E-state index >= 15 is 0 Å². The van der Waals surface area contributed by atoms with Gasteiger partial charge in [0.05, 0.1) is 12.7 Å². The predicted octanol–water partition coefficient (Wildman–Crippen LogP) is 2.72. The number of carbonyl (C=O) groups is 1. The molecule has 0 amide bonds. The summed E-state index contributed by atoms with van der Waals surface area (Å²) in [5.41, 5.74) is 7.49. The molecule has 0 atom stereocenters. The molecular weight excluding hydrogens is 204 g/mol. The molecule has 0 aliphatic carbocycles. The molecule has 0 unspecified atom stereocenters. The molecule has 0 bridgehead atoms. The van der Waals surface area contributed by atoms with E-state index in [-0.39, 0.29) is 1.43 Å². The minimum absolute atomic E-state index is 0. The van der Waals surface area contributed by atoms with Crippen molar-refractivity contribution in [1.29, 1.82) is 5.41 Å². The second kappa shape index (κ2) is 6.61. The highest BCUT2D eigenvalue weighted by molar-refractivity contribution is 6.02. The van der Waals surface area contributed by atoms with Gasteiger partial charge in [-0.05, 0) is 19.1 Å². The van der Waals surface area contributed by atoms with Crippen LogP contribution in [0.25, 0.3) is 0 Å². The zero-order valence-electron chi connectivity index (χ0n) is 10.1. The van der Waals surface area contributed by atoms with Crippen molar-refractivity contribution in [3.8, 4) is 0 Å². The van der Waals surface area contributed by atoms with Crippen LogP contribution in [0.5, 0.6) is 0 Å². The first-order valence-corrected chi connectivity index (χ1v) is 5.09. The summed E-state index contributed by atoms with van der Waals surface area (Å²) in [6.07, 6.45) is 0. The number of esters is 1. The van der Waals surface area contributed by atoms with Gasteiger partial charge in [0.15, 0.2) is 0 Å². The fourth-order valence-electron chi connectivity index (χ4n) is 1.15. The van der Waals surface area contributed by atoms with E-state index in [2.05, 4.69) is 4.74 Å². The Labute approximate surface area is 97.4 Å². The van der Waals surface area contributed by atoms with Crippen LogP contribution < -0.4 is 5.73 Å². The number of benzene rings is 1. The lowest BCUT2D eigenvalue weighted by Gasteiger charge is -2.05. The number of hydrogen-bond acceptors (Lipinski definition) is 4. The van der Waals surface area contributed by atoms with E-state index in [4.69, 9.17) is 11.1 Å². The Kier molecular flexibility index (Phi) is 5.85. The summed E-state index contributed by atoms with van der Waals surface area (Å²) in [4.78, 5) is 11.1. The molecule has 0 heterocycles. The van der Waals surface area contributed by atoms with Crippen molar-refractivity contribution < 1.29 is 11.0 Å². The second-order valence-corrected chi connectivity index (χ2v) is 2.92. The van der Waals surface area contributed by atoms with E-state index in [0.29, 0.717) is 22.5 Å². The Bertz CT molecular complexity index is 392. The van der Waals surface area contributed by atoms with Crippen LogP contribution in [-0.4, -0.2) is 18.8 Å². The van der Waals surface area contributed by atoms with Gasteiger partial charge in [0.25, 0.3) is 0 Å². The topological polar surface area (TPSA) is 76.2 Å². The lowest BCUT2D eigenvalue weighted by Crippen LogP contribution is -2.05. The van der Waals surface area contributed by atoms with Gasteiger partial charge in [0, 0.05) is 18.4 Å². The monoisotopic (exact) mass is 224 g/mol. The molecule has 0 aliphatic heterocycles. The van der Waals surface area contributed by atoms with Crippen LogP contribution >= 0.6 is 0 Å². The van der Waals surface area contributed by atoms with Gasteiger partial charge < -0.3 is 15.9 Å². The van der Waals surface area contributed by atoms with Crippen LogP contribution in [0.4, 0.5) is 5.69 Å². The number of hydrogen-bond donors (Lipinski definition) is 2. The molecule has 0 aliphatic rings. The van der Waals surface area contributed by atoms with Crippen molar-refractivity contribution in [2.24, 2.45) is 0 Å². The highest BCUT2D eigenvalue weighted by Crippen LogP contribution is 2.15. The maximum Gasteiger partial charge on any atom is 0.337 e. The standard InChI is InChI=1S/C10H12N2O2.C2H6.H2/c1-6(11)8-4-3-7(5-9(8)12)10(13)14-2;1-2;/h3-5,11H,12H2,1-2H3;1-2H3;1H. The number of anilines is 1. The Morgan fingerprint density at radius 2 is 2.00 bits per heavy atom. The lowest BCUT2D eigenvalue weighted by molar-refractivity contribution is 0.0601. The zero-order chi connectivity index (χ0) is 12.7. The van der Waals surface area contributed by atoms with Crippen LogP contribution in [0.1, 0.15) is 38.1 Å². The molecule has 3 N–H and O–H groups in total. The summed E-state index contributed by atoms with van der Waals surface area (Å²) in [5, 5.41) is 7.40. The number of nitrogens with one attached hydrogen (secondary N) is 1. The molecule has 1 rings (SSSR count). The Morgan fingerprint density at radius 3 is 2.38 bits per heavy atom. The van der Waals surface area contributed by atoms with Gasteiger partial charge in [-0.2, -0.15) is 0 Å². The molecule has 0 saturated heterocycles. The van der Waals surface area contributed by atoms with Gasteiger partial charge in [-0.1, -0.05) is 19.9 Å². The molecule has 4 heteroatoms. The van der Waals surface area contributed by atoms with Gasteiger partial charge in [-0.25, -0.2) is 4.79 Å². The Hall–Kier alpha value is -1.84. The van der Waals surface area contributed by atoms with Crippen molar-refractivity contribution >= 4 is 17.4 Å². The van der Waals surface area contributed by atoms with Gasteiger partial charge in [0.1, 0.15) is 0 Å². The normalized spacial score (nSPS) is 8.75. The minimum atomic E-state index is -0.425. The summed E-state index contributed by atoms with van der Waals surface area (Å²) < 4.78 is 4.54. The molecule has 0 radical (unpaired) electrons. The average Bonchev–Trinajstić information content (AvgIpc) is 2.30. The van der Waals surface area contributed by atoms with Gasteiger partial charge in [0.2, 0.25) is 0 Å². The summed E-state index contributed by atoms with van der Waals surface area (Å²) in [7, 11) is 1.31. The van der Waals surface area contributed by atoms with E-state index in [1.165, 1.54) is 13.2 Å². The molecule has 0 fully saturated rings. The van der Waals surface area contributed by atoms with E-state index in [0.717, 1.165) is 0 Å². The Balaban J connectivity index is 0. The number of methoxy groups -OCH3 is 1. The van der Waals surface area contributed by atoms with E-state index in [1.807, 2.05) is 13.8 Å². The molecule has 0 saturated carbocycles. The third-order valence-electron chi connectivity index (χ3n) is 1.88. The molecular formula is C12H20N2O2. The van der Waals surface area contributed by atoms with Crippen LogP contribution in [0.2, 0.25) is 0 Å². The number of rotatable bonds is 2. The van der Waals surface area contributed by atoms with E-state index in [9.17, 15) is 4.79 Å². The average molecular weight is 224 g/mol. The maximum atomic E-state index is 11.1. The zero-order valence-corrected chi connectivity index (χ0v) is 10.1. The first-order valence-electron chi connectivity index (χ1n) is 5.09. The second-order valence-electron chi connectivity index (χ2n) is 2.92. The maximum absolute atomic E-state index is 11.1. The number of nitrogen functional groups attached to an aromatic ring is 1. The smallest absolute Gasteiger partial charge is 0.337 e. The van der Waals surface area contributed by atoms with E-state index in [1.54, 1.807) is 19.1 Å². The predicted molar refractivity (Wildman–Crippen MR) is 68.2 cm³/mol. The minimum Gasteiger partial charge on any atom is -0.465 e. The van der Waals surface area contributed by atoms with E-state index < -0.39 is 5.97 Å². The molecule has 0 aromatic heterocycles. The third kappa shape index (κ3) is 3.38. The SMILES string of the molecule is CC.COC(=O)c1ccc(C(C)=N)c(N)c1.[HH]. The van der Waals surface area contributed by atoms with Crippen molar-refractivity contribution in [1.82, 2.24) is 0 Å². The van der Waals surface area contributed by atoms with Gasteiger partial charge in [-0.3, -0.25) is 0 Å². The van der Waals surface area contributed by atoms with Crippen LogP contribution in [0.15, 0.2) is 18.2 Å². The van der Waals surface area contributed by atoms with Crippen LogP contribution in [0.3, 0.4) is 0 Å². The summed E-state index contributed by atoms with van der Waals surface area (Å²) in [5.74, 6) is -0.425. The fraction of sp³-hybridized carbons (Fsp3) is 0.333. The number of nitrogens with two attached hydrogens (primary N) is 1. The molecule has 4 nitrogen and oxygen atoms in total. The molecule has 1 aromatic rings. The van der Waals surface area contributed by atoms with Crippen molar-refractivity contribution in [2.75, 3.05) is 12.8 Å². The summed E-state index contributed by atoms with van der Waals surface area (Å²) in [6.45, 7) is 5.64. The lowest BCUT2D eigenvalue weighted by atomic mass is 10.1.